The van der Waals surface area contributed by atoms with Gasteiger partial charge in [0.2, 0.25) is 0 Å². The summed E-state index contributed by atoms with van der Waals surface area (Å²) in [7, 11) is -1.94. The van der Waals surface area contributed by atoms with Crippen molar-refractivity contribution in [2.75, 3.05) is 11.8 Å². The molecule has 1 N–H and O–H groups in total. The second-order valence-electron chi connectivity index (χ2n) is 4.64. The van der Waals surface area contributed by atoms with E-state index < -0.39 is 10.2 Å². The average Bonchev–Trinajstić information content (AvgIpc) is 2.41. The summed E-state index contributed by atoms with van der Waals surface area (Å²) in [5.41, 5.74) is 0. The smallest absolute Gasteiger partial charge is 0.253 e. The van der Waals surface area contributed by atoms with E-state index in [4.69, 9.17) is 0 Å². The number of hydrogen-bond acceptors (Lipinski definition) is 4. The van der Waals surface area contributed by atoms with E-state index in [1.54, 1.807) is 7.05 Å². The fourth-order valence-electron chi connectivity index (χ4n) is 2.21. The molecule has 0 saturated heterocycles. The molecule has 6 nitrogen and oxygen atoms in total. The molecule has 0 spiro atoms. The van der Waals surface area contributed by atoms with E-state index in [-0.39, 0.29) is 11.9 Å². The molecule has 1 aliphatic carbocycles. The van der Waals surface area contributed by atoms with Crippen LogP contribution in [0.2, 0.25) is 0 Å². The third kappa shape index (κ3) is 3.87. The molecule has 1 aromatic rings. The maximum absolute atomic E-state index is 12.2. The van der Waals surface area contributed by atoms with Gasteiger partial charge in [-0.2, -0.15) is 12.7 Å². The molecule has 1 fully saturated rings. The zero-order chi connectivity index (χ0) is 13.9. The second-order valence-corrected chi connectivity index (χ2v) is 7.18. The number of aromatic nitrogens is 2. The number of anilines is 1. The second kappa shape index (κ2) is 6.15. The van der Waals surface area contributed by atoms with Crippen LogP contribution < -0.4 is 4.72 Å². The van der Waals surface area contributed by atoms with Gasteiger partial charge in [0, 0.05) is 13.1 Å². The fraction of sp³-hybridized carbons (Fsp3) is 0.636. The first kappa shape index (κ1) is 14.7. The molecule has 0 aliphatic heterocycles. The Hall–Kier alpha value is -0.730. The van der Waals surface area contributed by atoms with E-state index in [9.17, 15) is 8.42 Å². The minimum atomic E-state index is -3.56. The van der Waals surface area contributed by atoms with E-state index >= 15 is 0 Å². The van der Waals surface area contributed by atoms with Gasteiger partial charge in [0.1, 0.15) is 4.60 Å². The standard InChI is InChI=1S/C11H17BrN4O2S/c1-16(9-5-3-2-4-6-9)19(17,18)15-11-8-13-10(12)7-14-11/h7-9H,2-6H2,1H3,(H,14,15). The molecular formula is C11H17BrN4O2S. The van der Waals surface area contributed by atoms with Gasteiger partial charge in [-0.15, -0.1) is 0 Å². The molecule has 0 amide bonds. The van der Waals surface area contributed by atoms with Gasteiger partial charge >= 0.3 is 10.2 Å². The average molecular weight is 349 g/mol. The maximum atomic E-state index is 12.2. The number of rotatable bonds is 4. The number of nitrogens with zero attached hydrogens (tertiary/aromatic N) is 3. The molecule has 1 aliphatic rings. The van der Waals surface area contributed by atoms with Gasteiger partial charge in [0.05, 0.1) is 12.4 Å². The molecule has 2 rings (SSSR count). The van der Waals surface area contributed by atoms with Gasteiger partial charge < -0.3 is 0 Å². The van der Waals surface area contributed by atoms with E-state index in [2.05, 4.69) is 30.6 Å². The zero-order valence-electron chi connectivity index (χ0n) is 10.7. The number of hydrogen-bond donors (Lipinski definition) is 1. The van der Waals surface area contributed by atoms with Crippen molar-refractivity contribution in [1.29, 1.82) is 0 Å². The topological polar surface area (TPSA) is 75.2 Å². The highest BCUT2D eigenvalue weighted by Crippen LogP contribution is 2.23. The summed E-state index contributed by atoms with van der Waals surface area (Å²) in [5, 5.41) is 0. The van der Waals surface area contributed by atoms with E-state index in [0.717, 1.165) is 25.7 Å². The van der Waals surface area contributed by atoms with E-state index in [0.29, 0.717) is 4.60 Å². The zero-order valence-corrected chi connectivity index (χ0v) is 13.1. The lowest BCUT2D eigenvalue weighted by Crippen LogP contribution is -2.41. The minimum absolute atomic E-state index is 0.0784. The lowest BCUT2D eigenvalue weighted by molar-refractivity contribution is 0.287. The van der Waals surface area contributed by atoms with Crippen molar-refractivity contribution in [1.82, 2.24) is 14.3 Å². The Morgan fingerprint density at radius 3 is 2.53 bits per heavy atom. The van der Waals surface area contributed by atoms with E-state index in [1.807, 2.05) is 0 Å². The summed E-state index contributed by atoms with van der Waals surface area (Å²) >= 11 is 3.16. The molecule has 0 bridgehead atoms. The molecule has 0 radical (unpaired) electrons. The molecule has 19 heavy (non-hydrogen) atoms. The monoisotopic (exact) mass is 348 g/mol. The summed E-state index contributed by atoms with van der Waals surface area (Å²) in [5.74, 6) is 0.228. The van der Waals surface area contributed by atoms with E-state index in [1.165, 1.54) is 23.1 Å². The maximum Gasteiger partial charge on any atom is 0.302 e. The Morgan fingerprint density at radius 2 is 1.95 bits per heavy atom. The third-order valence-corrected chi connectivity index (χ3v) is 5.25. The van der Waals surface area contributed by atoms with Crippen molar-refractivity contribution in [3.05, 3.63) is 17.0 Å². The van der Waals surface area contributed by atoms with Crippen molar-refractivity contribution >= 4 is 32.0 Å². The van der Waals surface area contributed by atoms with Crippen LogP contribution in [0.25, 0.3) is 0 Å². The fourth-order valence-corrected chi connectivity index (χ4v) is 3.53. The van der Waals surface area contributed by atoms with Crippen molar-refractivity contribution in [2.45, 2.75) is 38.1 Å². The molecule has 106 valence electrons. The summed E-state index contributed by atoms with van der Waals surface area (Å²) in [6.45, 7) is 0. The van der Waals surface area contributed by atoms with Crippen molar-refractivity contribution in [3.63, 3.8) is 0 Å². The van der Waals surface area contributed by atoms with Crippen LogP contribution >= 0.6 is 15.9 Å². The Morgan fingerprint density at radius 1 is 1.26 bits per heavy atom. The van der Waals surface area contributed by atoms with Crippen molar-refractivity contribution in [2.24, 2.45) is 0 Å². The largest absolute Gasteiger partial charge is 0.302 e. The van der Waals surface area contributed by atoms with Crippen LogP contribution in [0.15, 0.2) is 17.0 Å². The van der Waals surface area contributed by atoms with Gasteiger partial charge in [-0.05, 0) is 28.8 Å². The number of nitrogens with one attached hydrogen (secondary N) is 1. The molecule has 0 unspecified atom stereocenters. The molecule has 0 aromatic carbocycles. The van der Waals surface area contributed by atoms with Crippen molar-refractivity contribution < 1.29 is 8.42 Å². The summed E-state index contributed by atoms with van der Waals surface area (Å²) in [4.78, 5) is 7.91. The number of halogens is 1. The molecule has 1 saturated carbocycles. The Balaban J connectivity index is 2.06. The highest BCUT2D eigenvalue weighted by molar-refractivity contribution is 9.10. The van der Waals surface area contributed by atoms with Crippen LogP contribution in [0.1, 0.15) is 32.1 Å². The van der Waals surface area contributed by atoms with Crippen molar-refractivity contribution in [3.8, 4) is 0 Å². The van der Waals surface area contributed by atoms with Crippen LogP contribution in [-0.2, 0) is 10.2 Å². The predicted molar refractivity (Wildman–Crippen MR) is 76.9 cm³/mol. The van der Waals surface area contributed by atoms with Gasteiger partial charge in [-0.1, -0.05) is 19.3 Å². The first-order valence-corrected chi connectivity index (χ1v) is 8.45. The lowest BCUT2D eigenvalue weighted by atomic mass is 9.96. The summed E-state index contributed by atoms with van der Waals surface area (Å²) < 4.78 is 28.9. The van der Waals surface area contributed by atoms with Crippen LogP contribution in [0.5, 0.6) is 0 Å². The Bertz CT molecular complexity index is 514. The van der Waals surface area contributed by atoms with Gasteiger partial charge in [0.25, 0.3) is 0 Å². The van der Waals surface area contributed by atoms with Crippen LogP contribution in [0, 0.1) is 0 Å². The highest BCUT2D eigenvalue weighted by atomic mass is 79.9. The van der Waals surface area contributed by atoms with Gasteiger partial charge in [-0.3, -0.25) is 4.72 Å². The third-order valence-electron chi connectivity index (χ3n) is 3.32. The molecular weight excluding hydrogens is 332 g/mol. The summed E-state index contributed by atoms with van der Waals surface area (Å²) in [6, 6.07) is 0.0784. The Labute approximate surface area is 121 Å². The van der Waals surface area contributed by atoms with Crippen LogP contribution in [0.3, 0.4) is 0 Å². The van der Waals surface area contributed by atoms with Gasteiger partial charge in [-0.25, -0.2) is 9.97 Å². The molecule has 1 heterocycles. The normalized spacial score (nSPS) is 17.6. The molecule has 8 heteroatoms. The van der Waals surface area contributed by atoms with Crippen LogP contribution in [0.4, 0.5) is 5.82 Å². The van der Waals surface area contributed by atoms with Crippen LogP contribution in [-0.4, -0.2) is 35.8 Å². The Kier molecular flexibility index (Phi) is 4.75. The predicted octanol–water partition coefficient (Wildman–Crippen LogP) is 2.16. The first-order valence-electron chi connectivity index (χ1n) is 6.22. The summed E-state index contributed by atoms with van der Waals surface area (Å²) in [6.07, 6.45) is 8.04. The SMILES string of the molecule is CN(C1CCCCC1)S(=O)(=O)Nc1cnc(Br)cn1. The highest BCUT2D eigenvalue weighted by Gasteiger charge is 2.27. The van der Waals surface area contributed by atoms with Gasteiger partial charge in [0.15, 0.2) is 5.82 Å². The quantitative estimate of drug-likeness (QED) is 0.904. The molecule has 0 atom stereocenters. The lowest BCUT2D eigenvalue weighted by Gasteiger charge is -2.30. The minimum Gasteiger partial charge on any atom is -0.253 e. The first-order chi connectivity index (χ1) is 8.99. The molecule has 1 aromatic heterocycles.